The Morgan fingerprint density at radius 1 is 0.946 bits per heavy atom. The molecule has 0 saturated heterocycles. The molecule has 1 heterocycles. The van der Waals surface area contributed by atoms with Crippen molar-refractivity contribution in [2.75, 3.05) is 17.3 Å². The lowest BCUT2D eigenvalue weighted by molar-refractivity contribution is -0.120. The van der Waals surface area contributed by atoms with Crippen LogP contribution in [-0.4, -0.2) is 24.9 Å². The topological polar surface area (TPSA) is 84.9 Å². The molecule has 3 aromatic carbocycles. The van der Waals surface area contributed by atoms with Crippen molar-refractivity contribution in [3.8, 4) is 11.5 Å². The second-order valence-corrected chi connectivity index (χ2v) is 10.1. The maximum Gasteiger partial charge on any atom is 0.343 e. The van der Waals surface area contributed by atoms with Crippen molar-refractivity contribution in [1.82, 2.24) is 0 Å². The Kier molecular flexibility index (Phi) is 7.09. The van der Waals surface area contributed by atoms with Crippen LogP contribution in [0.1, 0.15) is 42.3 Å². The van der Waals surface area contributed by atoms with Crippen molar-refractivity contribution in [1.29, 1.82) is 0 Å². The first-order chi connectivity index (χ1) is 17.5. The van der Waals surface area contributed by atoms with Crippen LogP contribution in [0.5, 0.6) is 11.5 Å². The number of amides is 2. The minimum Gasteiger partial charge on any atom is -0.497 e. The average Bonchev–Trinajstić information content (AvgIpc) is 3.07. The highest BCUT2D eigenvalue weighted by Gasteiger charge is 2.39. The van der Waals surface area contributed by atoms with E-state index in [1.165, 1.54) is 7.11 Å². The van der Waals surface area contributed by atoms with Gasteiger partial charge >= 0.3 is 5.97 Å². The predicted molar refractivity (Wildman–Crippen MR) is 143 cm³/mol. The molecule has 0 saturated carbocycles. The van der Waals surface area contributed by atoms with Crippen LogP contribution in [0, 0.1) is 6.92 Å². The molecule has 37 heavy (non-hydrogen) atoms. The fourth-order valence-electron chi connectivity index (χ4n) is 3.91. The standard InChI is InChI=1S/C29H27ClN2O5/c1-17-9-14-23(22(15-17)29(2,3)4)37-28(35)18-10-12-19(13-11-18)31-25-24(30)26(33)32(27(25)34)20-7-6-8-21(16-20)36-5/h6-16,31H,1-5H3. The van der Waals surface area contributed by atoms with Gasteiger partial charge in [0.1, 0.15) is 22.2 Å². The highest BCUT2D eigenvalue weighted by molar-refractivity contribution is 6.53. The number of carbonyl (C=O) groups excluding carboxylic acids is 3. The molecular weight excluding hydrogens is 492 g/mol. The van der Waals surface area contributed by atoms with Gasteiger partial charge in [-0.3, -0.25) is 9.59 Å². The zero-order valence-corrected chi connectivity index (χ0v) is 22.0. The van der Waals surface area contributed by atoms with Crippen molar-refractivity contribution in [2.45, 2.75) is 33.1 Å². The van der Waals surface area contributed by atoms with Gasteiger partial charge in [0.2, 0.25) is 0 Å². The molecule has 1 aliphatic heterocycles. The molecule has 1 N–H and O–H groups in total. The number of ether oxygens (including phenoxy) is 2. The fraction of sp³-hybridized carbons (Fsp3) is 0.207. The number of esters is 1. The number of halogens is 1. The van der Waals surface area contributed by atoms with Crippen molar-refractivity contribution < 1.29 is 23.9 Å². The van der Waals surface area contributed by atoms with E-state index in [1.54, 1.807) is 54.6 Å². The summed E-state index contributed by atoms with van der Waals surface area (Å²) in [7, 11) is 1.49. The van der Waals surface area contributed by atoms with E-state index in [0.29, 0.717) is 28.4 Å². The van der Waals surface area contributed by atoms with Gasteiger partial charge in [0.15, 0.2) is 0 Å². The monoisotopic (exact) mass is 518 g/mol. The lowest BCUT2D eigenvalue weighted by Gasteiger charge is -2.22. The largest absolute Gasteiger partial charge is 0.497 e. The van der Waals surface area contributed by atoms with Crippen LogP contribution >= 0.6 is 11.6 Å². The number of methoxy groups -OCH3 is 1. The lowest BCUT2D eigenvalue weighted by atomic mass is 9.85. The van der Waals surface area contributed by atoms with Gasteiger partial charge in [0.05, 0.1) is 18.4 Å². The van der Waals surface area contributed by atoms with Gasteiger partial charge in [0, 0.05) is 17.3 Å². The third-order valence-electron chi connectivity index (χ3n) is 5.87. The molecule has 0 unspecified atom stereocenters. The summed E-state index contributed by atoms with van der Waals surface area (Å²) in [5.41, 5.74) is 2.91. The summed E-state index contributed by atoms with van der Waals surface area (Å²) in [6.07, 6.45) is 0. The van der Waals surface area contributed by atoms with Crippen LogP contribution in [-0.2, 0) is 15.0 Å². The van der Waals surface area contributed by atoms with Gasteiger partial charge in [-0.1, -0.05) is 56.1 Å². The van der Waals surface area contributed by atoms with Gasteiger partial charge in [0.25, 0.3) is 11.8 Å². The normalized spacial score (nSPS) is 13.7. The first-order valence-electron chi connectivity index (χ1n) is 11.6. The maximum absolute atomic E-state index is 13.0. The summed E-state index contributed by atoms with van der Waals surface area (Å²) in [6.45, 7) is 8.17. The van der Waals surface area contributed by atoms with E-state index < -0.39 is 17.8 Å². The van der Waals surface area contributed by atoms with Crippen molar-refractivity contribution in [2.24, 2.45) is 0 Å². The van der Waals surface area contributed by atoms with Crippen LogP contribution in [0.15, 0.2) is 77.5 Å². The van der Waals surface area contributed by atoms with Crippen LogP contribution in [0.4, 0.5) is 11.4 Å². The van der Waals surface area contributed by atoms with E-state index in [4.69, 9.17) is 21.1 Å². The summed E-state index contributed by atoms with van der Waals surface area (Å²) < 4.78 is 10.9. The summed E-state index contributed by atoms with van der Waals surface area (Å²) in [4.78, 5) is 39.6. The van der Waals surface area contributed by atoms with E-state index in [9.17, 15) is 14.4 Å². The Morgan fingerprint density at radius 2 is 1.65 bits per heavy atom. The number of imide groups is 1. The maximum atomic E-state index is 13.0. The number of anilines is 2. The smallest absolute Gasteiger partial charge is 0.343 e. The lowest BCUT2D eigenvalue weighted by Crippen LogP contribution is -2.32. The first-order valence-corrected chi connectivity index (χ1v) is 12.0. The molecular formula is C29H27ClN2O5. The Hall–Kier alpha value is -4.10. The molecule has 4 rings (SSSR count). The third kappa shape index (κ3) is 5.37. The molecule has 0 radical (unpaired) electrons. The number of hydrogen-bond donors (Lipinski definition) is 1. The fourth-order valence-corrected chi connectivity index (χ4v) is 4.12. The number of benzene rings is 3. The van der Waals surface area contributed by atoms with Crippen LogP contribution in [0.25, 0.3) is 0 Å². The molecule has 7 nitrogen and oxygen atoms in total. The summed E-state index contributed by atoms with van der Waals surface area (Å²) >= 11 is 6.23. The molecule has 0 aromatic heterocycles. The SMILES string of the molecule is COc1cccc(N2C(=O)C(Cl)=C(Nc3ccc(C(=O)Oc4ccc(C)cc4C(C)(C)C)cc3)C2=O)c1. The van der Waals surface area contributed by atoms with Gasteiger partial charge in [-0.25, -0.2) is 9.69 Å². The Balaban J connectivity index is 1.50. The van der Waals surface area contributed by atoms with Crippen molar-refractivity contribution >= 4 is 40.8 Å². The predicted octanol–water partition coefficient (Wildman–Crippen LogP) is 5.96. The minimum atomic E-state index is -0.643. The number of nitrogens with zero attached hydrogens (tertiary/aromatic N) is 1. The highest BCUT2D eigenvalue weighted by Crippen LogP contribution is 2.34. The van der Waals surface area contributed by atoms with Gasteiger partial charge in [-0.05, 0) is 54.8 Å². The molecule has 0 bridgehead atoms. The van der Waals surface area contributed by atoms with Gasteiger partial charge < -0.3 is 14.8 Å². The summed E-state index contributed by atoms with van der Waals surface area (Å²) in [5, 5.41) is 2.67. The number of nitrogens with one attached hydrogen (secondary N) is 1. The number of hydrogen-bond acceptors (Lipinski definition) is 6. The van der Waals surface area contributed by atoms with E-state index >= 15 is 0 Å². The van der Waals surface area contributed by atoms with Crippen LogP contribution in [0.3, 0.4) is 0 Å². The third-order valence-corrected chi connectivity index (χ3v) is 6.23. The molecule has 190 valence electrons. The summed E-state index contributed by atoms with van der Waals surface area (Å²) in [6, 6.07) is 18.7. The minimum absolute atomic E-state index is 0.0562. The zero-order chi connectivity index (χ0) is 26.9. The quantitative estimate of drug-likeness (QED) is 0.246. The van der Waals surface area contributed by atoms with E-state index in [0.717, 1.165) is 16.0 Å². The van der Waals surface area contributed by atoms with Gasteiger partial charge in [-0.15, -0.1) is 0 Å². The number of carbonyl (C=O) groups is 3. The van der Waals surface area contributed by atoms with Crippen LogP contribution in [0.2, 0.25) is 0 Å². The summed E-state index contributed by atoms with van der Waals surface area (Å²) in [5.74, 6) is -0.737. The molecule has 0 aliphatic carbocycles. The number of aryl methyl sites for hydroxylation is 1. The zero-order valence-electron chi connectivity index (χ0n) is 21.2. The molecule has 0 spiro atoms. The second kappa shape index (κ2) is 10.1. The van der Waals surface area contributed by atoms with Crippen LogP contribution < -0.4 is 19.7 Å². The Bertz CT molecular complexity index is 1420. The molecule has 3 aromatic rings. The second-order valence-electron chi connectivity index (χ2n) is 9.68. The van der Waals surface area contributed by atoms with E-state index in [2.05, 4.69) is 26.1 Å². The van der Waals surface area contributed by atoms with E-state index in [1.807, 2.05) is 19.1 Å². The molecule has 8 heteroatoms. The molecule has 0 fully saturated rings. The molecule has 2 amide bonds. The molecule has 1 aliphatic rings. The number of rotatable bonds is 6. The van der Waals surface area contributed by atoms with Gasteiger partial charge in [-0.2, -0.15) is 0 Å². The van der Waals surface area contributed by atoms with Crippen molar-refractivity contribution in [3.63, 3.8) is 0 Å². The highest BCUT2D eigenvalue weighted by atomic mass is 35.5. The molecule has 0 atom stereocenters. The van der Waals surface area contributed by atoms with Crippen molar-refractivity contribution in [3.05, 3.63) is 94.1 Å². The Morgan fingerprint density at radius 3 is 2.30 bits per heavy atom. The Labute approximate surface area is 220 Å². The van der Waals surface area contributed by atoms with E-state index in [-0.39, 0.29) is 16.1 Å². The average molecular weight is 519 g/mol. The first kappa shape index (κ1) is 26.0.